The molecule has 0 aliphatic rings. The maximum atomic E-state index is 11.7. The molecule has 0 aromatic carbocycles. The minimum Gasteiger partial charge on any atom is -0.428 e. The van der Waals surface area contributed by atoms with Gasteiger partial charge in [0.15, 0.2) is 0 Å². The van der Waals surface area contributed by atoms with Gasteiger partial charge in [-0.3, -0.25) is 19.2 Å². The summed E-state index contributed by atoms with van der Waals surface area (Å²) in [6, 6.07) is 0. The highest BCUT2D eigenvalue weighted by Gasteiger charge is 2.23. The lowest BCUT2D eigenvalue weighted by molar-refractivity contribution is -0.168. The summed E-state index contributed by atoms with van der Waals surface area (Å²) in [6.07, 6.45) is 0.0963. The first kappa shape index (κ1) is 21.3. The molecule has 0 rings (SSSR count). The molecule has 0 radical (unpaired) electrons. The van der Waals surface area contributed by atoms with Crippen LogP contribution in [-0.2, 0) is 28.7 Å². The Balaban J connectivity index is 3.90. The molecule has 0 aliphatic carbocycles. The number of ether oxygens (including phenoxy) is 2. The zero-order valence-corrected chi connectivity index (χ0v) is 15.0. The highest BCUT2D eigenvalue weighted by Crippen LogP contribution is 2.18. The zero-order chi connectivity index (χ0) is 18.3. The number of hydrogen-bond donors (Lipinski definition) is 0. The van der Waals surface area contributed by atoms with Crippen LogP contribution in [0.1, 0.15) is 67.2 Å². The average molecular weight is 328 g/mol. The Kier molecular flexibility index (Phi) is 8.14. The van der Waals surface area contributed by atoms with Crippen molar-refractivity contribution < 1.29 is 28.7 Å². The van der Waals surface area contributed by atoms with Crippen molar-refractivity contribution in [1.82, 2.24) is 0 Å². The van der Waals surface area contributed by atoms with Gasteiger partial charge in [0.2, 0.25) is 6.79 Å². The van der Waals surface area contributed by atoms with Crippen LogP contribution in [0.15, 0.2) is 0 Å². The van der Waals surface area contributed by atoms with Crippen LogP contribution in [0.25, 0.3) is 0 Å². The summed E-state index contributed by atoms with van der Waals surface area (Å²) in [5, 5.41) is 0. The van der Waals surface area contributed by atoms with E-state index >= 15 is 0 Å². The van der Waals surface area contributed by atoms with Crippen molar-refractivity contribution in [3.63, 3.8) is 0 Å². The molecule has 0 saturated heterocycles. The maximum Gasteiger partial charge on any atom is 0.309 e. The van der Waals surface area contributed by atoms with Crippen LogP contribution >= 0.6 is 0 Å². The van der Waals surface area contributed by atoms with E-state index < -0.39 is 29.6 Å². The smallest absolute Gasteiger partial charge is 0.309 e. The predicted octanol–water partition coefficient (Wildman–Crippen LogP) is 2.82. The molecule has 0 heterocycles. The molecule has 0 fully saturated rings. The molecule has 0 aliphatic heterocycles. The highest BCUT2D eigenvalue weighted by molar-refractivity contribution is 5.87. The molecule has 0 aromatic rings. The lowest BCUT2D eigenvalue weighted by atomic mass is 9.88. The Morgan fingerprint density at radius 1 is 0.609 bits per heavy atom. The van der Waals surface area contributed by atoms with E-state index in [0.717, 1.165) is 0 Å². The number of rotatable bonds is 8. The summed E-state index contributed by atoms with van der Waals surface area (Å²) in [5.41, 5.74) is -0.987. The first-order chi connectivity index (χ1) is 10.3. The quantitative estimate of drug-likeness (QED) is 0.503. The number of Topliss-reactive ketones (excluding diaryl/α,β-unsaturated/α-hetero) is 2. The van der Waals surface area contributed by atoms with Crippen LogP contribution in [-0.4, -0.2) is 30.3 Å². The largest absolute Gasteiger partial charge is 0.428 e. The van der Waals surface area contributed by atoms with Crippen molar-refractivity contribution >= 4 is 23.5 Å². The number of esters is 2. The van der Waals surface area contributed by atoms with E-state index in [9.17, 15) is 19.2 Å². The highest BCUT2D eigenvalue weighted by atomic mass is 16.7. The zero-order valence-electron chi connectivity index (χ0n) is 15.0. The molecular weight excluding hydrogens is 300 g/mol. The van der Waals surface area contributed by atoms with E-state index in [1.54, 1.807) is 41.5 Å². The predicted molar refractivity (Wildman–Crippen MR) is 84.4 cm³/mol. The molecule has 0 bridgehead atoms. The van der Waals surface area contributed by atoms with Crippen LogP contribution in [0, 0.1) is 10.8 Å². The fraction of sp³-hybridized carbons (Fsp3) is 0.765. The molecule has 0 aromatic heterocycles. The summed E-state index contributed by atoms with van der Waals surface area (Å²) in [5.74, 6) is -1.26. The third-order valence-corrected chi connectivity index (χ3v) is 3.23. The van der Waals surface area contributed by atoms with E-state index in [-0.39, 0.29) is 37.2 Å². The molecule has 0 N–H and O–H groups in total. The molecule has 132 valence electrons. The standard InChI is InChI=1S/C17H28O6/c1-16(2,3)12(18)7-9-14(20)22-11-23-15(21)10-8-13(19)17(4,5)6/h7-11H2,1-6H3. The van der Waals surface area contributed by atoms with E-state index in [1.165, 1.54) is 0 Å². The van der Waals surface area contributed by atoms with E-state index in [0.29, 0.717) is 0 Å². The van der Waals surface area contributed by atoms with Gasteiger partial charge in [0.25, 0.3) is 0 Å². The van der Waals surface area contributed by atoms with E-state index in [1.807, 2.05) is 0 Å². The van der Waals surface area contributed by atoms with Crippen molar-refractivity contribution in [2.45, 2.75) is 67.2 Å². The SMILES string of the molecule is CC(C)(C)C(=O)CCC(=O)OCOC(=O)CCC(=O)C(C)(C)C. The van der Waals surface area contributed by atoms with Crippen LogP contribution in [0.4, 0.5) is 0 Å². The topological polar surface area (TPSA) is 86.7 Å². The normalized spacial score (nSPS) is 11.7. The van der Waals surface area contributed by atoms with Gasteiger partial charge in [-0.25, -0.2) is 0 Å². The summed E-state index contributed by atoms with van der Waals surface area (Å²) in [7, 11) is 0. The third kappa shape index (κ3) is 9.81. The second-order valence-corrected chi connectivity index (χ2v) is 7.50. The molecule has 0 saturated carbocycles. The van der Waals surface area contributed by atoms with E-state index in [4.69, 9.17) is 9.47 Å². The van der Waals surface area contributed by atoms with Crippen molar-refractivity contribution in [1.29, 1.82) is 0 Å². The molecule has 23 heavy (non-hydrogen) atoms. The Morgan fingerprint density at radius 3 is 1.17 bits per heavy atom. The summed E-state index contributed by atoms with van der Waals surface area (Å²) < 4.78 is 9.46. The van der Waals surface area contributed by atoms with Crippen molar-refractivity contribution in [2.75, 3.05) is 6.79 Å². The monoisotopic (exact) mass is 328 g/mol. The Labute approximate surface area is 137 Å². The first-order valence-corrected chi connectivity index (χ1v) is 7.72. The lowest BCUT2D eigenvalue weighted by Gasteiger charge is -2.16. The molecule has 0 amide bonds. The van der Waals surface area contributed by atoms with Gasteiger partial charge < -0.3 is 9.47 Å². The number of carbonyl (C=O) groups excluding carboxylic acids is 4. The van der Waals surface area contributed by atoms with Crippen LogP contribution < -0.4 is 0 Å². The minimum atomic E-state index is -0.596. The molecule has 6 nitrogen and oxygen atoms in total. The third-order valence-electron chi connectivity index (χ3n) is 3.23. The van der Waals surface area contributed by atoms with Gasteiger partial charge in [0.1, 0.15) is 11.6 Å². The number of hydrogen-bond acceptors (Lipinski definition) is 6. The first-order valence-electron chi connectivity index (χ1n) is 7.72. The Morgan fingerprint density at radius 2 is 0.913 bits per heavy atom. The fourth-order valence-corrected chi connectivity index (χ4v) is 1.49. The van der Waals surface area contributed by atoms with Gasteiger partial charge in [0, 0.05) is 23.7 Å². The van der Waals surface area contributed by atoms with Gasteiger partial charge >= 0.3 is 11.9 Å². The van der Waals surface area contributed by atoms with Crippen LogP contribution in [0.5, 0.6) is 0 Å². The summed E-state index contributed by atoms with van der Waals surface area (Å²) in [4.78, 5) is 46.2. The van der Waals surface area contributed by atoms with Crippen LogP contribution in [0.2, 0.25) is 0 Å². The van der Waals surface area contributed by atoms with Gasteiger partial charge in [0.05, 0.1) is 12.8 Å². The molecule has 0 unspecified atom stereocenters. The minimum absolute atomic E-state index is 0.0351. The lowest BCUT2D eigenvalue weighted by Crippen LogP contribution is -2.22. The molecular formula is C17H28O6. The van der Waals surface area contributed by atoms with Gasteiger partial charge in [-0.2, -0.15) is 0 Å². The molecule has 6 heteroatoms. The second-order valence-electron chi connectivity index (χ2n) is 7.50. The van der Waals surface area contributed by atoms with Gasteiger partial charge in [-0.15, -0.1) is 0 Å². The number of carbonyl (C=O) groups is 4. The van der Waals surface area contributed by atoms with E-state index in [2.05, 4.69) is 0 Å². The van der Waals surface area contributed by atoms with Crippen molar-refractivity contribution in [3.05, 3.63) is 0 Å². The Bertz CT molecular complexity index is 409. The van der Waals surface area contributed by atoms with Crippen LogP contribution in [0.3, 0.4) is 0 Å². The second kappa shape index (κ2) is 8.79. The average Bonchev–Trinajstić information content (AvgIpc) is 2.39. The molecule has 0 spiro atoms. The fourth-order valence-electron chi connectivity index (χ4n) is 1.49. The number of ketones is 2. The summed E-state index contributed by atoms with van der Waals surface area (Å²) in [6.45, 7) is 10.2. The maximum absolute atomic E-state index is 11.7. The van der Waals surface area contributed by atoms with Gasteiger partial charge in [-0.05, 0) is 0 Å². The van der Waals surface area contributed by atoms with Crippen molar-refractivity contribution in [3.8, 4) is 0 Å². The Hall–Kier alpha value is -1.72. The molecule has 0 atom stereocenters. The summed E-state index contributed by atoms with van der Waals surface area (Å²) >= 11 is 0. The van der Waals surface area contributed by atoms with Gasteiger partial charge in [-0.1, -0.05) is 41.5 Å². The van der Waals surface area contributed by atoms with Crippen molar-refractivity contribution in [2.24, 2.45) is 10.8 Å².